The third-order valence-corrected chi connectivity index (χ3v) is 3.34. The van der Waals surface area contributed by atoms with Crippen LogP contribution in [0, 0.1) is 0 Å². The molecule has 0 fully saturated rings. The Kier molecular flexibility index (Phi) is 6.39. The molecule has 4 nitrogen and oxygen atoms in total. The highest BCUT2D eigenvalue weighted by Crippen LogP contribution is 2.21. The number of aliphatic carboxylic acids is 1. The molecular weight excluding hydrogens is 292 g/mol. The van der Waals surface area contributed by atoms with Crippen molar-refractivity contribution in [2.45, 2.75) is 12.8 Å². The van der Waals surface area contributed by atoms with Crippen LogP contribution >= 0.6 is 0 Å². The van der Waals surface area contributed by atoms with E-state index < -0.39 is 5.97 Å². The highest BCUT2D eigenvalue weighted by Gasteiger charge is 2.03. The minimum atomic E-state index is -0.959. The fourth-order valence-corrected chi connectivity index (χ4v) is 2.04. The van der Waals surface area contributed by atoms with Crippen LogP contribution < -0.4 is 4.74 Å². The van der Waals surface area contributed by atoms with E-state index in [0.29, 0.717) is 19.4 Å². The van der Waals surface area contributed by atoms with Crippen LogP contribution in [0.3, 0.4) is 0 Å². The molecule has 0 saturated carbocycles. The Bertz CT molecular complexity index is 632. The van der Waals surface area contributed by atoms with Crippen molar-refractivity contribution in [2.75, 3.05) is 13.4 Å². The maximum absolute atomic E-state index is 10.6. The summed E-state index contributed by atoms with van der Waals surface area (Å²) in [5.41, 5.74) is 2.49. The number of carbonyl (C=O) groups is 1. The molecule has 0 aliphatic heterocycles. The van der Waals surface area contributed by atoms with Gasteiger partial charge in [0.15, 0.2) is 6.79 Å². The van der Waals surface area contributed by atoms with Crippen LogP contribution in [0.2, 0.25) is 0 Å². The fraction of sp³-hybridized carbons (Fsp3) is 0.211. The van der Waals surface area contributed by atoms with E-state index in [-0.39, 0.29) is 12.4 Å². The normalized spacial score (nSPS) is 10.3. The summed E-state index contributed by atoms with van der Waals surface area (Å²) in [4.78, 5) is 10.6. The average molecular weight is 312 g/mol. The number of hydrogen-bond donors (Lipinski definition) is 1. The van der Waals surface area contributed by atoms with E-state index in [4.69, 9.17) is 14.6 Å². The summed E-state index contributed by atoms with van der Waals surface area (Å²) >= 11 is 0. The second-order valence-electron chi connectivity index (χ2n) is 5.07. The van der Waals surface area contributed by atoms with E-state index in [1.165, 1.54) is 0 Å². The van der Waals surface area contributed by atoms with Gasteiger partial charge in [-0.3, -0.25) is 0 Å². The molecule has 0 aromatic heterocycles. The summed E-state index contributed by atoms with van der Waals surface area (Å²) in [5, 5.41) is 8.67. The SMILES string of the molecule is C=C(CCCOCOc1ccc(-c2ccccc2)cc1)C(=O)O. The molecule has 0 spiro atoms. The van der Waals surface area contributed by atoms with Gasteiger partial charge in [-0.25, -0.2) is 4.79 Å². The van der Waals surface area contributed by atoms with Gasteiger partial charge < -0.3 is 14.6 Å². The average Bonchev–Trinajstić information content (AvgIpc) is 2.59. The lowest BCUT2D eigenvalue weighted by Crippen LogP contribution is -2.05. The number of benzene rings is 2. The Morgan fingerprint density at radius 2 is 1.65 bits per heavy atom. The maximum atomic E-state index is 10.6. The van der Waals surface area contributed by atoms with Crippen LogP contribution in [0.15, 0.2) is 66.7 Å². The van der Waals surface area contributed by atoms with Crippen LogP contribution in [0.4, 0.5) is 0 Å². The van der Waals surface area contributed by atoms with Crippen molar-refractivity contribution in [1.29, 1.82) is 0 Å². The highest BCUT2D eigenvalue weighted by molar-refractivity contribution is 5.85. The Morgan fingerprint density at radius 3 is 2.30 bits per heavy atom. The lowest BCUT2D eigenvalue weighted by molar-refractivity contribution is -0.132. The Balaban J connectivity index is 1.69. The van der Waals surface area contributed by atoms with Crippen molar-refractivity contribution < 1.29 is 19.4 Å². The predicted molar refractivity (Wildman–Crippen MR) is 89.3 cm³/mol. The zero-order valence-electron chi connectivity index (χ0n) is 12.9. The van der Waals surface area contributed by atoms with Gasteiger partial charge >= 0.3 is 5.97 Å². The number of hydrogen-bond acceptors (Lipinski definition) is 3. The molecule has 0 amide bonds. The first-order valence-electron chi connectivity index (χ1n) is 7.44. The monoisotopic (exact) mass is 312 g/mol. The molecule has 0 unspecified atom stereocenters. The minimum Gasteiger partial charge on any atom is -0.478 e. The van der Waals surface area contributed by atoms with Crippen LogP contribution in [-0.4, -0.2) is 24.5 Å². The molecule has 1 N–H and O–H groups in total. The minimum absolute atomic E-state index is 0.143. The van der Waals surface area contributed by atoms with E-state index in [1.54, 1.807) is 0 Å². The molecule has 0 bridgehead atoms. The zero-order valence-corrected chi connectivity index (χ0v) is 12.9. The molecule has 0 saturated heterocycles. The Labute approximate surface area is 136 Å². The molecule has 4 heteroatoms. The molecule has 2 rings (SSSR count). The van der Waals surface area contributed by atoms with Crippen molar-refractivity contribution in [3.63, 3.8) is 0 Å². The van der Waals surface area contributed by atoms with Crippen LogP contribution in [0.1, 0.15) is 12.8 Å². The number of ether oxygens (including phenoxy) is 2. The molecule has 2 aromatic rings. The Hall–Kier alpha value is -2.59. The molecule has 2 aromatic carbocycles. The van der Waals surface area contributed by atoms with Gasteiger partial charge in [-0.1, -0.05) is 49.0 Å². The second-order valence-corrected chi connectivity index (χ2v) is 5.07. The van der Waals surface area contributed by atoms with Gasteiger partial charge in [0.2, 0.25) is 0 Å². The summed E-state index contributed by atoms with van der Waals surface area (Å²) < 4.78 is 10.8. The van der Waals surface area contributed by atoms with Gasteiger partial charge in [-0.2, -0.15) is 0 Å². The van der Waals surface area contributed by atoms with Gasteiger partial charge in [0.1, 0.15) is 5.75 Å². The van der Waals surface area contributed by atoms with Crippen molar-refractivity contribution >= 4 is 5.97 Å². The lowest BCUT2D eigenvalue weighted by Gasteiger charge is -2.08. The zero-order chi connectivity index (χ0) is 16.5. The fourth-order valence-electron chi connectivity index (χ4n) is 2.04. The summed E-state index contributed by atoms with van der Waals surface area (Å²) in [5.74, 6) is -0.223. The smallest absolute Gasteiger partial charge is 0.330 e. The molecule has 23 heavy (non-hydrogen) atoms. The standard InChI is InChI=1S/C19H20O4/c1-15(19(20)21)6-5-13-22-14-23-18-11-9-17(10-12-18)16-7-3-2-4-8-16/h2-4,7-12H,1,5-6,13-14H2,(H,20,21). The summed E-state index contributed by atoms with van der Waals surface area (Å²) in [6.45, 7) is 4.05. The largest absolute Gasteiger partial charge is 0.478 e. The van der Waals surface area contributed by atoms with Gasteiger partial charge in [-0.05, 0) is 36.1 Å². The third kappa shape index (κ3) is 5.60. The first-order chi connectivity index (χ1) is 11.2. The number of carboxylic acids is 1. The first kappa shape index (κ1) is 16.8. The molecular formula is C19H20O4. The van der Waals surface area contributed by atoms with Crippen LogP contribution in [-0.2, 0) is 9.53 Å². The van der Waals surface area contributed by atoms with E-state index in [2.05, 4.69) is 18.7 Å². The summed E-state index contributed by atoms with van der Waals surface area (Å²) in [6.07, 6.45) is 1.03. The van der Waals surface area contributed by atoms with Crippen LogP contribution in [0.25, 0.3) is 11.1 Å². The van der Waals surface area contributed by atoms with E-state index in [9.17, 15) is 4.79 Å². The molecule has 0 atom stereocenters. The maximum Gasteiger partial charge on any atom is 0.330 e. The number of carboxylic acid groups (broad SMARTS) is 1. The van der Waals surface area contributed by atoms with Crippen molar-refractivity contribution in [3.8, 4) is 16.9 Å². The molecule has 0 heterocycles. The quantitative estimate of drug-likeness (QED) is 0.430. The third-order valence-electron chi connectivity index (χ3n) is 3.34. The van der Waals surface area contributed by atoms with Crippen molar-refractivity contribution in [1.82, 2.24) is 0 Å². The topological polar surface area (TPSA) is 55.8 Å². The van der Waals surface area contributed by atoms with Gasteiger partial charge in [0, 0.05) is 5.57 Å². The Morgan fingerprint density at radius 1 is 1.00 bits per heavy atom. The summed E-state index contributed by atoms with van der Waals surface area (Å²) in [6, 6.07) is 17.9. The predicted octanol–water partition coefficient (Wildman–Crippen LogP) is 4.13. The molecule has 0 radical (unpaired) electrons. The van der Waals surface area contributed by atoms with Crippen molar-refractivity contribution in [3.05, 3.63) is 66.7 Å². The van der Waals surface area contributed by atoms with Gasteiger partial charge in [-0.15, -0.1) is 0 Å². The lowest BCUT2D eigenvalue weighted by atomic mass is 10.1. The van der Waals surface area contributed by atoms with Gasteiger partial charge in [0.25, 0.3) is 0 Å². The first-order valence-corrected chi connectivity index (χ1v) is 7.44. The van der Waals surface area contributed by atoms with Gasteiger partial charge in [0.05, 0.1) is 6.61 Å². The van der Waals surface area contributed by atoms with Crippen LogP contribution in [0.5, 0.6) is 5.75 Å². The molecule has 0 aliphatic rings. The van der Waals surface area contributed by atoms with E-state index in [0.717, 1.165) is 16.9 Å². The second kappa shape index (κ2) is 8.76. The van der Waals surface area contributed by atoms with E-state index in [1.807, 2.05) is 42.5 Å². The van der Waals surface area contributed by atoms with E-state index >= 15 is 0 Å². The van der Waals surface area contributed by atoms with Crippen molar-refractivity contribution in [2.24, 2.45) is 0 Å². The molecule has 120 valence electrons. The summed E-state index contributed by atoms with van der Waals surface area (Å²) in [7, 11) is 0. The molecule has 0 aliphatic carbocycles. The number of rotatable bonds is 9. The highest BCUT2D eigenvalue weighted by atomic mass is 16.7.